The fraction of sp³-hybridized carbons (Fsp3) is 0.300. The van der Waals surface area contributed by atoms with E-state index >= 15 is 0 Å². The molecular formula is C20H24O2. The Bertz CT molecular complexity index is 600. The molecule has 2 nitrogen and oxygen atoms in total. The average molecular weight is 296 g/mol. The molecule has 0 fully saturated rings. The van der Waals surface area contributed by atoms with Crippen LogP contribution in [0.25, 0.3) is 0 Å². The lowest BCUT2D eigenvalue weighted by molar-refractivity contribution is 0.284. The average Bonchev–Trinajstić information content (AvgIpc) is 2.54. The molecule has 0 unspecified atom stereocenters. The van der Waals surface area contributed by atoms with Crippen LogP contribution in [-0.4, -0.2) is 7.11 Å². The van der Waals surface area contributed by atoms with E-state index in [1.165, 1.54) is 5.56 Å². The third kappa shape index (κ3) is 4.96. The van der Waals surface area contributed by atoms with Crippen LogP contribution in [0, 0.1) is 5.92 Å². The monoisotopic (exact) mass is 296 g/mol. The highest BCUT2D eigenvalue weighted by molar-refractivity contribution is 5.43. The zero-order valence-electron chi connectivity index (χ0n) is 13.6. The summed E-state index contributed by atoms with van der Waals surface area (Å²) in [5.41, 5.74) is 2.37. The summed E-state index contributed by atoms with van der Waals surface area (Å²) in [7, 11) is 1.68. The van der Waals surface area contributed by atoms with Crippen molar-refractivity contribution in [3.05, 3.63) is 71.8 Å². The zero-order chi connectivity index (χ0) is 15.8. The van der Waals surface area contributed by atoms with Gasteiger partial charge in [0, 0.05) is 0 Å². The SMILES string of the molecule is COc1cc(C/C=C/C(C)C)ccc1OCc1ccccc1. The summed E-state index contributed by atoms with van der Waals surface area (Å²) in [6, 6.07) is 16.3. The minimum absolute atomic E-state index is 0.545. The maximum atomic E-state index is 5.87. The fourth-order valence-electron chi connectivity index (χ4n) is 2.17. The summed E-state index contributed by atoms with van der Waals surface area (Å²) < 4.78 is 11.3. The van der Waals surface area contributed by atoms with Crippen LogP contribution >= 0.6 is 0 Å². The Labute approximate surface area is 133 Å². The van der Waals surface area contributed by atoms with Gasteiger partial charge >= 0.3 is 0 Å². The topological polar surface area (TPSA) is 18.5 Å². The van der Waals surface area contributed by atoms with Gasteiger partial charge in [-0.15, -0.1) is 0 Å². The molecule has 0 atom stereocenters. The second kappa shape index (κ2) is 8.28. The molecular weight excluding hydrogens is 272 g/mol. The third-order valence-corrected chi connectivity index (χ3v) is 3.34. The fourth-order valence-corrected chi connectivity index (χ4v) is 2.17. The van der Waals surface area contributed by atoms with Gasteiger partial charge in [0.05, 0.1) is 7.11 Å². The highest BCUT2D eigenvalue weighted by Gasteiger charge is 2.05. The first kappa shape index (κ1) is 16.2. The van der Waals surface area contributed by atoms with E-state index in [0.717, 1.165) is 23.5 Å². The van der Waals surface area contributed by atoms with E-state index in [0.29, 0.717) is 12.5 Å². The first-order valence-electron chi connectivity index (χ1n) is 7.69. The summed E-state index contributed by atoms with van der Waals surface area (Å²) in [5, 5.41) is 0. The number of ether oxygens (including phenoxy) is 2. The lowest BCUT2D eigenvalue weighted by Gasteiger charge is -2.12. The van der Waals surface area contributed by atoms with Gasteiger partial charge in [-0.3, -0.25) is 0 Å². The van der Waals surface area contributed by atoms with Crippen molar-refractivity contribution >= 4 is 0 Å². The molecule has 0 heterocycles. The molecule has 0 N–H and O–H groups in total. The molecule has 0 saturated heterocycles. The molecule has 2 aromatic carbocycles. The highest BCUT2D eigenvalue weighted by atomic mass is 16.5. The summed E-state index contributed by atoms with van der Waals surface area (Å²) in [4.78, 5) is 0. The minimum Gasteiger partial charge on any atom is -0.493 e. The van der Waals surface area contributed by atoms with E-state index in [1.807, 2.05) is 30.3 Å². The molecule has 0 aliphatic rings. The van der Waals surface area contributed by atoms with Crippen LogP contribution in [0.3, 0.4) is 0 Å². The molecule has 0 radical (unpaired) electrons. The minimum atomic E-state index is 0.545. The molecule has 116 valence electrons. The van der Waals surface area contributed by atoms with Crippen molar-refractivity contribution in [1.29, 1.82) is 0 Å². The van der Waals surface area contributed by atoms with Gasteiger partial charge < -0.3 is 9.47 Å². The standard InChI is InChI=1S/C20H24O2/c1-16(2)8-7-11-17-12-13-19(20(14-17)21-3)22-15-18-9-5-4-6-10-18/h4-10,12-14,16H,11,15H2,1-3H3/b8-7+. The van der Waals surface area contributed by atoms with Gasteiger partial charge in [-0.2, -0.15) is 0 Å². The number of benzene rings is 2. The number of methoxy groups -OCH3 is 1. The maximum absolute atomic E-state index is 5.87. The van der Waals surface area contributed by atoms with E-state index in [-0.39, 0.29) is 0 Å². The Morgan fingerprint density at radius 1 is 0.955 bits per heavy atom. The Morgan fingerprint density at radius 3 is 2.41 bits per heavy atom. The molecule has 0 aliphatic heterocycles. The lowest BCUT2D eigenvalue weighted by Crippen LogP contribution is -1.98. The smallest absolute Gasteiger partial charge is 0.161 e. The molecule has 2 aromatic rings. The van der Waals surface area contributed by atoms with Crippen LogP contribution in [0.4, 0.5) is 0 Å². The lowest BCUT2D eigenvalue weighted by atomic mass is 10.1. The van der Waals surface area contributed by atoms with E-state index < -0.39 is 0 Å². The molecule has 2 heteroatoms. The second-order valence-corrected chi connectivity index (χ2v) is 5.64. The van der Waals surface area contributed by atoms with E-state index in [2.05, 4.69) is 44.2 Å². The number of hydrogen-bond donors (Lipinski definition) is 0. The van der Waals surface area contributed by atoms with E-state index in [9.17, 15) is 0 Å². The molecule has 0 bridgehead atoms. The van der Waals surface area contributed by atoms with Crippen LogP contribution in [0.15, 0.2) is 60.7 Å². The van der Waals surface area contributed by atoms with Crippen LogP contribution in [-0.2, 0) is 13.0 Å². The van der Waals surface area contributed by atoms with Gasteiger partial charge in [-0.05, 0) is 35.6 Å². The van der Waals surface area contributed by atoms with Gasteiger partial charge in [0.25, 0.3) is 0 Å². The summed E-state index contributed by atoms with van der Waals surface area (Å²) >= 11 is 0. The maximum Gasteiger partial charge on any atom is 0.161 e. The number of hydrogen-bond acceptors (Lipinski definition) is 2. The highest BCUT2D eigenvalue weighted by Crippen LogP contribution is 2.29. The van der Waals surface area contributed by atoms with Crippen molar-refractivity contribution in [2.24, 2.45) is 5.92 Å². The number of allylic oxidation sites excluding steroid dienone is 2. The predicted octanol–water partition coefficient (Wildman–Crippen LogP) is 5.03. The van der Waals surface area contributed by atoms with Gasteiger partial charge in [0.1, 0.15) is 6.61 Å². The molecule has 2 rings (SSSR count). The van der Waals surface area contributed by atoms with Crippen LogP contribution < -0.4 is 9.47 Å². The number of rotatable bonds is 7. The van der Waals surface area contributed by atoms with Crippen LogP contribution in [0.2, 0.25) is 0 Å². The van der Waals surface area contributed by atoms with E-state index in [1.54, 1.807) is 7.11 Å². The zero-order valence-corrected chi connectivity index (χ0v) is 13.6. The molecule has 0 spiro atoms. The van der Waals surface area contributed by atoms with Gasteiger partial charge in [0.15, 0.2) is 11.5 Å². The van der Waals surface area contributed by atoms with Crippen molar-refractivity contribution in [3.63, 3.8) is 0 Å². The predicted molar refractivity (Wildman–Crippen MR) is 91.5 cm³/mol. The third-order valence-electron chi connectivity index (χ3n) is 3.34. The normalized spacial score (nSPS) is 11.1. The van der Waals surface area contributed by atoms with Crippen molar-refractivity contribution < 1.29 is 9.47 Å². The Morgan fingerprint density at radius 2 is 1.73 bits per heavy atom. The van der Waals surface area contributed by atoms with Crippen molar-refractivity contribution in [2.45, 2.75) is 26.9 Å². The van der Waals surface area contributed by atoms with Crippen molar-refractivity contribution in [1.82, 2.24) is 0 Å². The van der Waals surface area contributed by atoms with Crippen LogP contribution in [0.5, 0.6) is 11.5 Å². The van der Waals surface area contributed by atoms with Crippen molar-refractivity contribution in [3.8, 4) is 11.5 Å². The van der Waals surface area contributed by atoms with Gasteiger partial charge in [0.2, 0.25) is 0 Å². The summed E-state index contributed by atoms with van der Waals surface area (Å²) in [5.74, 6) is 2.14. The van der Waals surface area contributed by atoms with Crippen LogP contribution in [0.1, 0.15) is 25.0 Å². The van der Waals surface area contributed by atoms with Gasteiger partial charge in [-0.25, -0.2) is 0 Å². The molecule has 0 amide bonds. The Hall–Kier alpha value is -2.22. The Balaban J connectivity index is 2.02. The summed E-state index contributed by atoms with van der Waals surface area (Å²) in [6.07, 6.45) is 5.32. The molecule has 0 aromatic heterocycles. The first-order valence-corrected chi connectivity index (χ1v) is 7.69. The van der Waals surface area contributed by atoms with Gasteiger partial charge in [-0.1, -0.05) is 62.4 Å². The Kier molecular flexibility index (Phi) is 6.08. The molecule has 0 saturated carbocycles. The largest absolute Gasteiger partial charge is 0.493 e. The quantitative estimate of drug-likeness (QED) is 0.667. The molecule has 22 heavy (non-hydrogen) atoms. The molecule has 0 aliphatic carbocycles. The van der Waals surface area contributed by atoms with Crippen molar-refractivity contribution in [2.75, 3.05) is 7.11 Å². The first-order chi connectivity index (χ1) is 10.7. The second-order valence-electron chi connectivity index (χ2n) is 5.64. The summed E-state index contributed by atoms with van der Waals surface area (Å²) in [6.45, 7) is 4.90. The van der Waals surface area contributed by atoms with E-state index in [4.69, 9.17) is 9.47 Å².